The molecule has 0 rings (SSSR count). The van der Waals surface area contributed by atoms with Crippen LogP contribution in [0.3, 0.4) is 0 Å². The summed E-state index contributed by atoms with van der Waals surface area (Å²) in [5.74, 6) is -4.75. The summed E-state index contributed by atoms with van der Waals surface area (Å²) in [4.78, 5) is 24.0. The van der Waals surface area contributed by atoms with Crippen LogP contribution in [0.15, 0.2) is 24.3 Å². The van der Waals surface area contributed by atoms with Crippen LogP contribution in [0.1, 0.15) is 213 Å². The molecule has 0 aromatic rings. The molecule has 0 saturated carbocycles. The van der Waals surface area contributed by atoms with Gasteiger partial charge in [0.1, 0.15) is 4.75 Å². The van der Waals surface area contributed by atoms with Gasteiger partial charge < -0.3 is 19.8 Å². The van der Waals surface area contributed by atoms with Gasteiger partial charge in [-0.2, -0.15) is 8.42 Å². The van der Waals surface area contributed by atoms with Gasteiger partial charge in [0.25, 0.3) is 10.1 Å². The van der Waals surface area contributed by atoms with E-state index < -0.39 is 39.1 Å². The Morgan fingerprint density at radius 2 is 0.863 bits per heavy atom. The van der Waals surface area contributed by atoms with Gasteiger partial charge in [0, 0.05) is 5.97 Å². The first-order valence-corrected chi connectivity index (χ1v) is 21.8. The Hall–Kier alpha value is 1.60. The van der Waals surface area contributed by atoms with Crippen LogP contribution < -0.4 is 113 Å². The summed E-state index contributed by atoms with van der Waals surface area (Å²) < 4.78 is 32.7. The number of unbranched alkanes of at least 4 members (excludes halogenated alkanes) is 24. The smallest absolute Gasteiger partial charge is 0.550 e. The van der Waals surface area contributed by atoms with Gasteiger partial charge in [-0.1, -0.05) is 167 Å². The Bertz CT molecular complexity index is 971. The number of carboxylic acid groups (broad SMARTS) is 2. The Morgan fingerprint density at radius 3 is 1.18 bits per heavy atom. The number of carboxylic acids is 2. The van der Waals surface area contributed by atoms with Crippen molar-refractivity contribution in [3.8, 4) is 0 Å². The largest absolute Gasteiger partial charge is 1.00 e. The van der Waals surface area contributed by atoms with Gasteiger partial charge >= 0.3 is 103 Å². The Labute approximate surface area is 399 Å². The molecular formula is C41H74K2O7S. The van der Waals surface area contributed by atoms with Gasteiger partial charge in [0.2, 0.25) is 0 Å². The molecule has 0 heterocycles. The van der Waals surface area contributed by atoms with E-state index in [9.17, 15) is 32.8 Å². The molecule has 0 aliphatic heterocycles. The monoisotopic (exact) mass is 788 g/mol. The first-order valence-electron chi connectivity index (χ1n) is 20.3. The fourth-order valence-electron chi connectivity index (χ4n) is 6.89. The SMILES string of the molecule is CCCCCCCC/C=C\CCCCCCCCC(CC(=O)[O-])C(CCCCCCCC/C=C\CCCCCCCC)(C(=O)[O-])S(=O)(=O)O.[K+].[K+]. The Balaban J connectivity index is -0.0000115. The summed E-state index contributed by atoms with van der Waals surface area (Å²) in [7, 11) is -5.13. The number of carbonyl (C=O) groups is 2. The zero-order valence-electron chi connectivity index (χ0n) is 33.6. The average Bonchev–Trinajstić information content (AvgIpc) is 3.04. The number of allylic oxidation sites excluding steroid dienone is 4. The minimum atomic E-state index is -5.13. The van der Waals surface area contributed by atoms with Crippen molar-refractivity contribution in [2.24, 2.45) is 5.92 Å². The second kappa shape index (κ2) is 39.8. The van der Waals surface area contributed by atoms with Crippen molar-refractivity contribution in [3.63, 3.8) is 0 Å². The molecule has 0 fully saturated rings. The van der Waals surface area contributed by atoms with Crippen LogP contribution >= 0.6 is 0 Å². The van der Waals surface area contributed by atoms with Crippen molar-refractivity contribution in [3.05, 3.63) is 24.3 Å². The maximum Gasteiger partial charge on any atom is 1.00 e. The molecule has 0 saturated heterocycles. The predicted molar refractivity (Wildman–Crippen MR) is 201 cm³/mol. The minimum absolute atomic E-state index is 0. The number of rotatable bonds is 37. The molecule has 1 N–H and O–H groups in total. The molecule has 0 aliphatic carbocycles. The van der Waals surface area contributed by atoms with Gasteiger partial charge in [-0.05, 0) is 76.5 Å². The molecule has 0 bridgehead atoms. The van der Waals surface area contributed by atoms with Crippen molar-refractivity contribution >= 4 is 22.1 Å². The minimum Gasteiger partial charge on any atom is -0.550 e. The third-order valence-electron chi connectivity index (χ3n) is 10.0. The number of hydrogen-bond acceptors (Lipinski definition) is 6. The molecule has 2 unspecified atom stereocenters. The first kappa shape index (κ1) is 56.9. The molecule has 0 amide bonds. The van der Waals surface area contributed by atoms with Gasteiger partial charge in [0.05, 0.1) is 5.97 Å². The summed E-state index contributed by atoms with van der Waals surface area (Å²) in [5.41, 5.74) is 0. The van der Waals surface area contributed by atoms with E-state index in [0.29, 0.717) is 12.8 Å². The van der Waals surface area contributed by atoms with Crippen LogP contribution in [0.2, 0.25) is 0 Å². The van der Waals surface area contributed by atoms with Gasteiger partial charge in [0.15, 0.2) is 0 Å². The quantitative estimate of drug-likeness (QED) is 0.0436. The van der Waals surface area contributed by atoms with E-state index in [1.54, 1.807) is 0 Å². The Kier molecular flexibility index (Phi) is 44.5. The second-order valence-electron chi connectivity index (χ2n) is 14.3. The zero-order chi connectivity index (χ0) is 36.5. The molecule has 0 aromatic heterocycles. The maximum atomic E-state index is 12.6. The van der Waals surface area contributed by atoms with E-state index in [1.165, 1.54) is 77.0 Å². The fraction of sp³-hybridized carbons (Fsp3) is 0.854. The van der Waals surface area contributed by atoms with Crippen LogP contribution in [0, 0.1) is 5.92 Å². The zero-order valence-corrected chi connectivity index (χ0v) is 40.7. The number of hydrogen-bond donors (Lipinski definition) is 1. The van der Waals surface area contributed by atoms with Crippen molar-refractivity contribution in [1.29, 1.82) is 0 Å². The summed E-state index contributed by atoms with van der Waals surface area (Å²) >= 11 is 0. The van der Waals surface area contributed by atoms with Crippen LogP contribution in [-0.4, -0.2) is 29.7 Å². The molecule has 0 spiro atoms. The van der Waals surface area contributed by atoms with Crippen LogP contribution in [0.4, 0.5) is 0 Å². The fourth-order valence-corrected chi connectivity index (χ4v) is 8.13. The molecule has 0 aromatic carbocycles. The molecule has 7 nitrogen and oxygen atoms in total. The summed E-state index contributed by atoms with van der Waals surface area (Å²) in [6.45, 7) is 4.46. The number of aliphatic carboxylic acids is 2. The average molecular weight is 789 g/mol. The molecule has 0 radical (unpaired) electrons. The summed E-state index contributed by atoms with van der Waals surface area (Å²) in [6, 6.07) is 0. The molecule has 2 atom stereocenters. The van der Waals surface area contributed by atoms with E-state index in [0.717, 1.165) is 83.5 Å². The molecule has 51 heavy (non-hydrogen) atoms. The predicted octanol–water partition coefficient (Wildman–Crippen LogP) is 3.98. The number of carbonyl (C=O) groups excluding carboxylic acids is 2. The third-order valence-corrected chi connectivity index (χ3v) is 11.6. The van der Waals surface area contributed by atoms with E-state index in [4.69, 9.17) is 0 Å². The van der Waals surface area contributed by atoms with Gasteiger partial charge in [-0.15, -0.1) is 0 Å². The van der Waals surface area contributed by atoms with Crippen molar-refractivity contribution in [1.82, 2.24) is 0 Å². The molecule has 10 heteroatoms. The molecule has 288 valence electrons. The summed E-state index contributed by atoms with van der Waals surface area (Å²) in [5, 5.41) is 24.0. The van der Waals surface area contributed by atoms with E-state index in [2.05, 4.69) is 38.2 Å². The first-order chi connectivity index (χ1) is 23.6. The molecule has 0 aliphatic rings. The second-order valence-corrected chi connectivity index (χ2v) is 16.0. The van der Waals surface area contributed by atoms with Crippen molar-refractivity contribution < 1.29 is 136 Å². The maximum absolute atomic E-state index is 12.6. The van der Waals surface area contributed by atoms with Crippen LogP contribution in [0.5, 0.6) is 0 Å². The summed E-state index contributed by atoms with van der Waals surface area (Å²) in [6.07, 6.45) is 38.1. The van der Waals surface area contributed by atoms with Gasteiger partial charge in [-0.3, -0.25) is 4.55 Å². The Morgan fingerprint density at radius 1 is 0.549 bits per heavy atom. The van der Waals surface area contributed by atoms with Crippen molar-refractivity contribution in [2.75, 3.05) is 0 Å². The van der Waals surface area contributed by atoms with Crippen LogP contribution in [-0.2, 0) is 19.7 Å². The van der Waals surface area contributed by atoms with E-state index in [1.807, 2.05) is 0 Å². The van der Waals surface area contributed by atoms with Gasteiger partial charge in [-0.25, -0.2) is 0 Å². The standard InChI is InChI=1S/C41H76O7S.2K/c1-3-5-7-9-11-13-15-17-19-21-23-25-27-29-31-33-35-38(37-39(42)43)41(40(44)45,49(46,47)48)36-34-32-30-28-26-24-22-20-18-16-14-12-10-8-6-4-2;;/h17-20,38H,3-16,21-37H2,1-2H3,(H,42,43)(H,44,45)(H,46,47,48);;/q;2*+1/p-2/b19-17-,20-18-;;. The van der Waals surface area contributed by atoms with E-state index >= 15 is 0 Å². The van der Waals surface area contributed by atoms with E-state index in [-0.39, 0.29) is 122 Å². The molecular weight excluding hydrogens is 715 g/mol. The third kappa shape index (κ3) is 31.4. The van der Waals surface area contributed by atoms with Crippen molar-refractivity contribution in [2.45, 2.75) is 218 Å². The topological polar surface area (TPSA) is 135 Å². The van der Waals surface area contributed by atoms with Crippen LogP contribution in [0.25, 0.3) is 0 Å². The normalized spacial score (nSPS) is 13.5.